The topological polar surface area (TPSA) is 221 Å². The number of aliphatic hydroxyl groups is 2. The second-order valence-corrected chi connectivity index (χ2v) is 6.41. The second-order valence-electron chi connectivity index (χ2n) is 6.41. The first-order valence-corrected chi connectivity index (χ1v) is 8.04. The van der Waals surface area contributed by atoms with E-state index in [2.05, 4.69) is 15.5 Å². The largest absolute Gasteiger partial charge is 0.481 e. The van der Waals surface area contributed by atoms with Crippen LogP contribution in [-0.2, 0) is 15.1 Å². The number of urea groups is 1. The van der Waals surface area contributed by atoms with Crippen LogP contribution in [0.25, 0.3) is 0 Å². The first-order valence-electron chi connectivity index (χ1n) is 8.04. The van der Waals surface area contributed by atoms with Gasteiger partial charge >= 0.3 is 18.0 Å². The van der Waals surface area contributed by atoms with Crippen molar-refractivity contribution < 1.29 is 39.3 Å². The Kier molecular flexibility index (Phi) is 6.30. The van der Waals surface area contributed by atoms with Crippen molar-refractivity contribution in [3.05, 3.63) is 11.7 Å². The van der Waals surface area contributed by atoms with E-state index in [-0.39, 0.29) is 24.2 Å². The molecule has 0 radical (unpaired) electrons. The highest BCUT2D eigenvalue weighted by molar-refractivity contribution is 5.83. The van der Waals surface area contributed by atoms with Gasteiger partial charge in [0.25, 0.3) is 0 Å². The van der Waals surface area contributed by atoms with E-state index < -0.39 is 48.6 Å². The first-order chi connectivity index (χ1) is 12.7. The third-order valence-corrected chi connectivity index (χ3v) is 4.22. The predicted octanol–water partition coefficient (Wildman–Crippen LogP) is -2.11. The molecule has 8 N–H and O–H groups in total. The molecule has 2 rings (SSSR count). The van der Waals surface area contributed by atoms with E-state index in [9.17, 15) is 14.4 Å². The minimum atomic E-state index is -1.56. The molecule has 1 aliphatic rings. The van der Waals surface area contributed by atoms with Crippen LogP contribution in [0.15, 0.2) is 4.52 Å². The number of nitrogens with zero attached hydrogens (tertiary/aromatic N) is 2. The van der Waals surface area contributed by atoms with Crippen LogP contribution in [-0.4, -0.2) is 67.8 Å². The van der Waals surface area contributed by atoms with E-state index in [1.54, 1.807) is 0 Å². The summed E-state index contributed by atoms with van der Waals surface area (Å²) in [6.07, 6.45) is 0.246. The average Bonchev–Trinajstić information content (AvgIpc) is 3.06. The standard InChI is InChI=1S/C14H21N5O8/c15-14(2-6(3-14)4-20)12-18-10(27-19-12)7(1-9(22)23)16-13(26)17-8(5-21)11(24)25/h6-8,20-21H,1-5,15H2,(H,22,23)(H,24,25)(H2,16,17,26)/t6?,7-,8-,14?/m0/s1. The molecule has 0 aliphatic heterocycles. The molecule has 0 bridgehead atoms. The summed E-state index contributed by atoms with van der Waals surface area (Å²) in [6.45, 7) is -0.874. The van der Waals surface area contributed by atoms with Crippen LogP contribution in [0.1, 0.15) is 37.0 Å². The zero-order valence-electron chi connectivity index (χ0n) is 14.2. The number of aliphatic hydroxyl groups excluding tert-OH is 2. The molecule has 2 amide bonds. The average molecular weight is 387 g/mol. The van der Waals surface area contributed by atoms with Crippen LogP contribution in [0, 0.1) is 5.92 Å². The van der Waals surface area contributed by atoms with Gasteiger partial charge < -0.3 is 41.3 Å². The van der Waals surface area contributed by atoms with Crippen LogP contribution < -0.4 is 16.4 Å². The lowest BCUT2D eigenvalue weighted by molar-refractivity contribution is -0.140. The fourth-order valence-electron chi connectivity index (χ4n) is 2.78. The van der Waals surface area contributed by atoms with Crippen LogP contribution in [0.2, 0.25) is 0 Å². The fraction of sp³-hybridized carbons (Fsp3) is 0.643. The quantitative estimate of drug-likeness (QED) is 0.243. The number of carbonyl (C=O) groups excluding carboxylic acids is 1. The Hall–Kier alpha value is -2.77. The van der Waals surface area contributed by atoms with Gasteiger partial charge in [0.15, 0.2) is 11.9 Å². The molecule has 150 valence electrons. The Morgan fingerprint density at radius 1 is 1.26 bits per heavy atom. The van der Waals surface area contributed by atoms with Crippen molar-refractivity contribution in [3.63, 3.8) is 0 Å². The summed E-state index contributed by atoms with van der Waals surface area (Å²) in [6, 6.07) is -3.84. The van der Waals surface area contributed by atoms with Crippen LogP contribution in [0.5, 0.6) is 0 Å². The van der Waals surface area contributed by atoms with Crippen molar-refractivity contribution in [2.75, 3.05) is 13.2 Å². The number of aromatic nitrogens is 2. The third-order valence-electron chi connectivity index (χ3n) is 4.22. The zero-order chi connectivity index (χ0) is 20.2. The van der Waals surface area contributed by atoms with E-state index in [4.69, 9.17) is 30.7 Å². The highest BCUT2D eigenvalue weighted by Crippen LogP contribution is 2.42. The summed E-state index contributed by atoms with van der Waals surface area (Å²) in [5.41, 5.74) is 5.21. The number of carboxylic acids is 2. The Bertz CT molecular complexity index is 701. The van der Waals surface area contributed by atoms with Gasteiger partial charge in [-0.2, -0.15) is 4.98 Å². The van der Waals surface area contributed by atoms with Crippen LogP contribution in [0.3, 0.4) is 0 Å². The van der Waals surface area contributed by atoms with Crippen molar-refractivity contribution in [2.45, 2.75) is 36.9 Å². The molecule has 2 atom stereocenters. The van der Waals surface area contributed by atoms with E-state index in [0.717, 1.165) is 0 Å². The number of nitrogens with one attached hydrogen (secondary N) is 2. The van der Waals surface area contributed by atoms with Gasteiger partial charge in [0.1, 0.15) is 6.04 Å². The molecule has 0 spiro atoms. The van der Waals surface area contributed by atoms with Gasteiger partial charge in [-0.3, -0.25) is 4.79 Å². The minimum Gasteiger partial charge on any atom is -0.481 e. The first kappa shape index (κ1) is 20.5. The summed E-state index contributed by atoms with van der Waals surface area (Å²) in [7, 11) is 0. The normalized spacial score (nSPS) is 23.7. The molecule has 0 unspecified atom stereocenters. The molecule has 1 fully saturated rings. The summed E-state index contributed by atoms with van der Waals surface area (Å²) in [5.74, 6) is -2.81. The predicted molar refractivity (Wildman–Crippen MR) is 85.1 cm³/mol. The smallest absolute Gasteiger partial charge is 0.328 e. The molecule has 13 heteroatoms. The molecule has 1 aliphatic carbocycles. The van der Waals surface area contributed by atoms with E-state index in [1.807, 2.05) is 5.32 Å². The molecule has 0 saturated heterocycles. The SMILES string of the molecule is NC1(c2noc([C@H](CC(=O)O)NC(=O)N[C@@H](CO)C(=O)O)n2)CC(CO)C1. The Morgan fingerprint density at radius 2 is 1.93 bits per heavy atom. The molecule has 13 nitrogen and oxygen atoms in total. The van der Waals surface area contributed by atoms with Crippen LogP contribution >= 0.6 is 0 Å². The number of aliphatic carboxylic acids is 2. The van der Waals surface area contributed by atoms with Crippen LogP contribution in [0.4, 0.5) is 4.79 Å². The number of amides is 2. The Labute approximate surface area is 152 Å². The minimum absolute atomic E-state index is 0.0158. The number of carboxylic acid groups (broad SMARTS) is 2. The van der Waals surface area contributed by atoms with Crippen molar-refractivity contribution in [1.29, 1.82) is 0 Å². The maximum absolute atomic E-state index is 11.9. The van der Waals surface area contributed by atoms with Gasteiger partial charge in [-0.15, -0.1) is 0 Å². The summed E-state index contributed by atoms with van der Waals surface area (Å²) < 4.78 is 5.02. The molecule has 1 aromatic rings. The lowest BCUT2D eigenvalue weighted by Gasteiger charge is -2.41. The molecular weight excluding hydrogens is 366 g/mol. The van der Waals surface area contributed by atoms with Crippen molar-refractivity contribution in [1.82, 2.24) is 20.8 Å². The second kappa shape index (κ2) is 8.28. The zero-order valence-corrected chi connectivity index (χ0v) is 14.2. The molecule has 1 saturated carbocycles. The number of hydrogen-bond acceptors (Lipinski definition) is 9. The van der Waals surface area contributed by atoms with Gasteiger partial charge in [-0.1, -0.05) is 5.16 Å². The molecular formula is C14H21N5O8. The molecule has 1 aromatic heterocycles. The van der Waals surface area contributed by atoms with E-state index >= 15 is 0 Å². The fourth-order valence-corrected chi connectivity index (χ4v) is 2.78. The monoisotopic (exact) mass is 387 g/mol. The van der Waals surface area contributed by atoms with E-state index in [0.29, 0.717) is 12.8 Å². The number of carbonyl (C=O) groups is 3. The highest BCUT2D eigenvalue weighted by Gasteiger charge is 2.46. The molecule has 27 heavy (non-hydrogen) atoms. The van der Waals surface area contributed by atoms with Gasteiger partial charge in [0, 0.05) is 6.61 Å². The van der Waals surface area contributed by atoms with Gasteiger partial charge in [-0.25, -0.2) is 9.59 Å². The molecule has 1 heterocycles. The Morgan fingerprint density at radius 3 is 2.44 bits per heavy atom. The van der Waals surface area contributed by atoms with Gasteiger partial charge in [0.05, 0.1) is 18.6 Å². The summed E-state index contributed by atoms with van der Waals surface area (Å²) in [5, 5.41) is 43.8. The van der Waals surface area contributed by atoms with E-state index in [1.165, 1.54) is 0 Å². The summed E-state index contributed by atoms with van der Waals surface area (Å²) in [4.78, 5) is 37.9. The van der Waals surface area contributed by atoms with Crippen molar-refractivity contribution >= 4 is 18.0 Å². The van der Waals surface area contributed by atoms with Crippen molar-refractivity contribution in [2.24, 2.45) is 11.7 Å². The molecule has 0 aromatic carbocycles. The highest BCUT2D eigenvalue weighted by atomic mass is 16.5. The number of hydrogen-bond donors (Lipinski definition) is 7. The lowest BCUT2D eigenvalue weighted by atomic mass is 9.69. The maximum atomic E-state index is 11.9. The van der Waals surface area contributed by atoms with Gasteiger partial charge in [0.2, 0.25) is 5.89 Å². The Balaban J connectivity index is 2.09. The lowest BCUT2D eigenvalue weighted by Crippen LogP contribution is -2.51. The summed E-state index contributed by atoms with van der Waals surface area (Å²) >= 11 is 0. The maximum Gasteiger partial charge on any atom is 0.328 e. The van der Waals surface area contributed by atoms with Gasteiger partial charge in [-0.05, 0) is 18.8 Å². The third kappa shape index (κ3) is 4.90. The van der Waals surface area contributed by atoms with Crippen molar-refractivity contribution in [3.8, 4) is 0 Å². The number of nitrogens with two attached hydrogens (primary N) is 1. The number of rotatable bonds is 9.